The maximum Gasteiger partial charge on any atom is 0.315 e. The highest BCUT2D eigenvalue weighted by molar-refractivity contribution is 7.79. The third kappa shape index (κ3) is 11.8. The van der Waals surface area contributed by atoms with Crippen LogP contribution in [0.15, 0.2) is 0 Å². The molecule has 0 aromatic carbocycles. The minimum Gasteiger partial charge on any atom is -0.338 e. The Bertz CT molecular complexity index is 254. The average molecular weight is 321 g/mol. The Kier molecular flexibility index (Phi) is 15.7. The molecule has 1 saturated heterocycles. The Morgan fingerprint density at radius 3 is 2.67 bits per heavy atom. The average Bonchev–Trinajstić information content (AvgIpc) is 2.65. The normalized spacial score (nSPS) is 20.1. The van der Waals surface area contributed by atoms with Crippen LogP contribution in [0.1, 0.15) is 46.5 Å². The van der Waals surface area contributed by atoms with Gasteiger partial charge in [0, 0.05) is 18.6 Å². The summed E-state index contributed by atoms with van der Waals surface area (Å²) in [4.78, 5) is 14.0. The number of carbonyl (C=O) groups excluding carboxylic acids is 1. The molecular formula is C15H36N4OS. The fourth-order valence-electron chi connectivity index (χ4n) is 2.20. The Labute approximate surface area is 136 Å². The van der Waals surface area contributed by atoms with Crippen LogP contribution >= 0.6 is 12.6 Å². The number of rotatable bonds is 5. The molecule has 1 aliphatic heterocycles. The van der Waals surface area contributed by atoms with Crippen molar-refractivity contribution < 1.29 is 4.79 Å². The Balaban J connectivity index is 0. The zero-order valence-corrected chi connectivity index (χ0v) is 14.1. The number of urea groups is 1. The van der Waals surface area contributed by atoms with E-state index in [2.05, 4.69) is 42.1 Å². The summed E-state index contributed by atoms with van der Waals surface area (Å²) in [5, 5.41) is 5.94. The highest BCUT2D eigenvalue weighted by Gasteiger charge is 2.16. The molecule has 2 atom stereocenters. The maximum atomic E-state index is 11.7. The van der Waals surface area contributed by atoms with E-state index >= 15 is 0 Å². The van der Waals surface area contributed by atoms with Gasteiger partial charge in [-0.1, -0.05) is 14.4 Å². The van der Waals surface area contributed by atoms with Gasteiger partial charge in [-0.25, -0.2) is 4.79 Å². The van der Waals surface area contributed by atoms with Crippen molar-refractivity contribution in [2.45, 2.75) is 58.5 Å². The number of hydrogen-bond acceptors (Lipinski definition) is 4. The summed E-state index contributed by atoms with van der Waals surface area (Å²) in [7, 11) is 2.13. The van der Waals surface area contributed by atoms with Crippen LogP contribution in [0.4, 0.5) is 4.79 Å². The molecule has 0 aliphatic carbocycles. The number of thiol groups is 1. The lowest BCUT2D eigenvalue weighted by molar-refractivity contribution is 0.235. The number of likely N-dealkylation sites (tertiary alicyclic amines) is 1. The quantitative estimate of drug-likeness (QED) is 0.586. The molecule has 0 aromatic heterocycles. The van der Waals surface area contributed by atoms with Crippen molar-refractivity contribution in [2.75, 3.05) is 32.9 Å². The van der Waals surface area contributed by atoms with Crippen molar-refractivity contribution in [3.8, 4) is 0 Å². The van der Waals surface area contributed by atoms with Gasteiger partial charge in [0.2, 0.25) is 0 Å². The Morgan fingerprint density at radius 1 is 1.38 bits per heavy atom. The molecule has 0 aromatic rings. The van der Waals surface area contributed by atoms with Gasteiger partial charge in [0.15, 0.2) is 0 Å². The molecule has 2 unspecified atom stereocenters. The number of carbonyl (C=O) groups is 1. The van der Waals surface area contributed by atoms with Crippen molar-refractivity contribution in [1.82, 2.24) is 15.5 Å². The Morgan fingerprint density at radius 2 is 2.05 bits per heavy atom. The molecule has 1 heterocycles. The number of nitrogens with one attached hydrogen (secondary N) is 2. The molecule has 4 N–H and O–H groups in total. The van der Waals surface area contributed by atoms with Crippen molar-refractivity contribution in [3.63, 3.8) is 0 Å². The summed E-state index contributed by atoms with van der Waals surface area (Å²) in [5.74, 6) is 0. The van der Waals surface area contributed by atoms with Gasteiger partial charge in [-0.2, -0.15) is 12.6 Å². The van der Waals surface area contributed by atoms with Gasteiger partial charge in [0.05, 0.1) is 0 Å². The van der Waals surface area contributed by atoms with Gasteiger partial charge in [-0.05, 0) is 58.5 Å². The molecule has 21 heavy (non-hydrogen) atoms. The minimum atomic E-state index is -0.0483. The predicted molar refractivity (Wildman–Crippen MR) is 96.2 cm³/mol. The first-order valence-electron chi connectivity index (χ1n) is 7.55. The first-order chi connectivity index (χ1) is 9.61. The number of nitrogens with zero attached hydrogens (tertiary/aromatic N) is 1. The smallest absolute Gasteiger partial charge is 0.315 e. The van der Waals surface area contributed by atoms with E-state index in [9.17, 15) is 4.79 Å². The summed E-state index contributed by atoms with van der Waals surface area (Å²) in [6, 6.07) is 0.458. The summed E-state index contributed by atoms with van der Waals surface area (Å²) in [6.45, 7) is 4.91. The molecule has 1 fully saturated rings. The third-order valence-electron chi connectivity index (χ3n) is 3.61. The molecule has 0 saturated carbocycles. The third-order valence-corrected chi connectivity index (χ3v) is 3.61. The van der Waals surface area contributed by atoms with Gasteiger partial charge in [0.25, 0.3) is 0 Å². The van der Waals surface area contributed by atoms with Gasteiger partial charge >= 0.3 is 6.03 Å². The standard InChI is InChI=1S/C13H28N4O.CH4S.CH4/c1-3-11(14)6-8-15-13(18)16-12-5-4-9-17(2)10-7-12;1-2;/h11-12H,3-10,14H2,1-2H3,(H2,15,16,18);2H,1H3;1H4. The molecule has 0 spiro atoms. The second-order valence-corrected chi connectivity index (χ2v) is 5.29. The zero-order valence-electron chi connectivity index (χ0n) is 13.2. The van der Waals surface area contributed by atoms with Crippen molar-refractivity contribution in [3.05, 3.63) is 0 Å². The predicted octanol–water partition coefficient (Wildman–Crippen LogP) is 2.08. The van der Waals surface area contributed by atoms with E-state index in [0.29, 0.717) is 12.6 Å². The lowest BCUT2D eigenvalue weighted by Crippen LogP contribution is -2.43. The highest BCUT2D eigenvalue weighted by Crippen LogP contribution is 2.09. The lowest BCUT2D eigenvalue weighted by Gasteiger charge is -2.17. The van der Waals surface area contributed by atoms with Gasteiger partial charge in [0.1, 0.15) is 0 Å². The molecule has 0 radical (unpaired) electrons. The second kappa shape index (κ2) is 14.5. The first-order valence-corrected chi connectivity index (χ1v) is 8.44. The summed E-state index contributed by atoms with van der Waals surface area (Å²) < 4.78 is 0. The monoisotopic (exact) mass is 320 g/mol. The Hall–Kier alpha value is -0.460. The van der Waals surface area contributed by atoms with Crippen LogP contribution in [0.5, 0.6) is 0 Å². The van der Waals surface area contributed by atoms with Crippen LogP contribution in [0, 0.1) is 0 Å². The number of nitrogens with two attached hydrogens (primary N) is 1. The van der Waals surface area contributed by atoms with E-state index in [-0.39, 0.29) is 19.5 Å². The molecule has 0 bridgehead atoms. The second-order valence-electron chi connectivity index (χ2n) is 5.29. The van der Waals surface area contributed by atoms with Crippen molar-refractivity contribution in [2.24, 2.45) is 5.73 Å². The minimum absolute atomic E-state index is 0. The molecule has 128 valence electrons. The summed E-state index contributed by atoms with van der Waals surface area (Å²) >= 11 is 3.53. The van der Waals surface area contributed by atoms with Crippen LogP contribution < -0.4 is 16.4 Å². The summed E-state index contributed by atoms with van der Waals surface area (Å²) in [5.41, 5.74) is 5.80. The van der Waals surface area contributed by atoms with Crippen LogP contribution in [0.3, 0.4) is 0 Å². The van der Waals surface area contributed by atoms with Crippen molar-refractivity contribution >= 4 is 18.7 Å². The zero-order chi connectivity index (χ0) is 15.4. The fourth-order valence-corrected chi connectivity index (χ4v) is 2.20. The topological polar surface area (TPSA) is 70.4 Å². The van der Waals surface area contributed by atoms with E-state index in [1.54, 1.807) is 6.26 Å². The molecule has 2 amide bonds. The maximum absolute atomic E-state index is 11.7. The molecule has 5 nitrogen and oxygen atoms in total. The van der Waals surface area contributed by atoms with Gasteiger partial charge in [-0.15, -0.1) is 0 Å². The van der Waals surface area contributed by atoms with Crippen LogP contribution in [0.25, 0.3) is 0 Å². The van der Waals surface area contributed by atoms with Gasteiger partial charge in [-0.3, -0.25) is 0 Å². The summed E-state index contributed by atoms with van der Waals surface area (Å²) in [6.07, 6.45) is 6.77. The van der Waals surface area contributed by atoms with E-state index in [1.807, 2.05) is 0 Å². The van der Waals surface area contributed by atoms with E-state index in [4.69, 9.17) is 5.73 Å². The van der Waals surface area contributed by atoms with E-state index in [1.165, 1.54) is 0 Å². The van der Waals surface area contributed by atoms with E-state index < -0.39 is 0 Å². The lowest BCUT2D eigenvalue weighted by atomic mass is 10.1. The van der Waals surface area contributed by atoms with Crippen LogP contribution in [-0.4, -0.2) is 56.0 Å². The molecule has 1 rings (SSSR count). The van der Waals surface area contributed by atoms with Gasteiger partial charge < -0.3 is 21.3 Å². The van der Waals surface area contributed by atoms with E-state index in [0.717, 1.165) is 45.2 Å². The van der Waals surface area contributed by atoms with Crippen molar-refractivity contribution in [1.29, 1.82) is 0 Å². The largest absolute Gasteiger partial charge is 0.338 e. The van der Waals surface area contributed by atoms with Crippen LogP contribution in [0.2, 0.25) is 0 Å². The molecule has 6 heteroatoms. The first kappa shape index (κ1) is 22.8. The number of amides is 2. The van der Waals surface area contributed by atoms with Crippen LogP contribution in [-0.2, 0) is 0 Å². The number of hydrogen-bond donors (Lipinski definition) is 4. The highest BCUT2D eigenvalue weighted by atomic mass is 32.1. The SMILES string of the molecule is C.CCC(N)CCNC(=O)NC1CCCN(C)CC1.CS. The molecular weight excluding hydrogens is 284 g/mol. The molecule has 1 aliphatic rings. The fraction of sp³-hybridized carbons (Fsp3) is 0.933.